The van der Waals surface area contributed by atoms with E-state index in [0.717, 1.165) is 11.3 Å². The van der Waals surface area contributed by atoms with Gasteiger partial charge in [0, 0.05) is 31.2 Å². The summed E-state index contributed by atoms with van der Waals surface area (Å²) in [5.74, 6) is -0.478. The van der Waals surface area contributed by atoms with Crippen molar-refractivity contribution in [1.29, 1.82) is 0 Å². The lowest BCUT2D eigenvalue weighted by Gasteiger charge is -2.18. The molecule has 0 fully saturated rings. The normalized spacial score (nSPS) is 12.8. The van der Waals surface area contributed by atoms with Crippen LogP contribution in [0.4, 0.5) is 11.4 Å². The Hall–Kier alpha value is -2.83. The van der Waals surface area contributed by atoms with Crippen LogP contribution in [0.15, 0.2) is 48.7 Å². The fourth-order valence-corrected chi connectivity index (χ4v) is 3.62. The van der Waals surface area contributed by atoms with Gasteiger partial charge in [0.15, 0.2) is 5.69 Å². The SMILES string of the molecule is Cn1ccc(C(=O)Nc2ccc3c(c2)CCN3C(=O)c2cccc(Cl)c2Cl)n1. The molecule has 0 saturated heterocycles. The lowest BCUT2D eigenvalue weighted by Crippen LogP contribution is -2.29. The van der Waals surface area contributed by atoms with Crippen LogP contribution in [0, 0.1) is 0 Å². The molecule has 142 valence electrons. The van der Waals surface area contributed by atoms with Gasteiger partial charge in [0.2, 0.25) is 0 Å². The summed E-state index contributed by atoms with van der Waals surface area (Å²) in [6.07, 6.45) is 2.40. The standard InChI is InChI=1S/C20H16Cl2N4O2/c1-25-9-8-16(24-25)19(27)23-13-5-6-17-12(11-13)7-10-26(17)20(28)14-3-2-4-15(21)18(14)22/h2-6,8-9,11H,7,10H2,1H3,(H,23,27). The highest BCUT2D eigenvalue weighted by Crippen LogP contribution is 2.34. The van der Waals surface area contributed by atoms with E-state index < -0.39 is 0 Å². The molecule has 1 N–H and O–H groups in total. The van der Waals surface area contributed by atoms with E-state index in [-0.39, 0.29) is 16.8 Å². The van der Waals surface area contributed by atoms with Gasteiger partial charge in [-0.1, -0.05) is 29.3 Å². The predicted octanol–water partition coefficient (Wildman–Crippen LogP) is 4.18. The first-order chi connectivity index (χ1) is 13.4. The fourth-order valence-electron chi connectivity index (χ4n) is 3.24. The van der Waals surface area contributed by atoms with Crippen LogP contribution in [-0.2, 0) is 13.5 Å². The number of hydrogen-bond acceptors (Lipinski definition) is 3. The highest BCUT2D eigenvalue weighted by molar-refractivity contribution is 6.44. The predicted molar refractivity (Wildman–Crippen MR) is 109 cm³/mol. The van der Waals surface area contributed by atoms with Crippen LogP contribution in [0.3, 0.4) is 0 Å². The summed E-state index contributed by atoms with van der Waals surface area (Å²) >= 11 is 12.2. The number of carbonyl (C=O) groups is 2. The molecule has 6 nitrogen and oxygen atoms in total. The van der Waals surface area contributed by atoms with Gasteiger partial charge >= 0.3 is 0 Å². The molecule has 1 aliphatic rings. The zero-order valence-corrected chi connectivity index (χ0v) is 16.5. The smallest absolute Gasteiger partial charge is 0.276 e. The molecule has 2 aromatic carbocycles. The van der Waals surface area contributed by atoms with Crippen LogP contribution in [0.5, 0.6) is 0 Å². The molecule has 4 rings (SSSR count). The number of aromatic nitrogens is 2. The second-order valence-electron chi connectivity index (χ2n) is 6.48. The van der Waals surface area contributed by atoms with E-state index in [1.54, 1.807) is 53.2 Å². The van der Waals surface area contributed by atoms with Crippen LogP contribution >= 0.6 is 23.2 Å². The molecular formula is C20H16Cl2N4O2. The maximum absolute atomic E-state index is 12.9. The van der Waals surface area contributed by atoms with Crippen LogP contribution < -0.4 is 10.2 Å². The number of nitrogens with one attached hydrogen (secondary N) is 1. The number of halogens is 2. The van der Waals surface area contributed by atoms with Gasteiger partial charge in [-0.3, -0.25) is 14.3 Å². The van der Waals surface area contributed by atoms with Gasteiger partial charge in [0.1, 0.15) is 0 Å². The average molecular weight is 415 g/mol. The first-order valence-electron chi connectivity index (χ1n) is 8.64. The molecule has 0 spiro atoms. The summed E-state index contributed by atoms with van der Waals surface area (Å²) in [7, 11) is 1.75. The summed E-state index contributed by atoms with van der Waals surface area (Å²) in [6.45, 7) is 0.536. The van der Waals surface area contributed by atoms with Crippen molar-refractivity contribution in [3.63, 3.8) is 0 Å². The molecule has 0 radical (unpaired) electrons. The minimum absolute atomic E-state index is 0.198. The molecule has 0 atom stereocenters. The Morgan fingerprint density at radius 2 is 1.96 bits per heavy atom. The molecule has 28 heavy (non-hydrogen) atoms. The number of fused-ring (bicyclic) bond motifs is 1. The minimum atomic E-state index is -0.280. The Morgan fingerprint density at radius 1 is 1.14 bits per heavy atom. The van der Waals surface area contributed by atoms with E-state index in [1.165, 1.54) is 0 Å². The van der Waals surface area contributed by atoms with Gasteiger partial charge < -0.3 is 10.2 Å². The molecule has 2 heterocycles. The summed E-state index contributed by atoms with van der Waals surface area (Å²) in [5, 5.41) is 7.53. The van der Waals surface area contributed by atoms with E-state index in [2.05, 4.69) is 10.4 Å². The molecule has 2 amide bonds. The Kier molecular flexibility index (Phi) is 4.83. The van der Waals surface area contributed by atoms with E-state index in [9.17, 15) is 9.59 Å². The number of amides is 2. The summed E-state index contributed by atoms with van der Waals surface area (Å²) in [5.41, 5.74) is 3.15. The molecule has 0 unspecified atom stereocenters. The number of carbonyl (C=O) groups excluding carboxylic acids is 2. The second kappa shape index (κ2) is 7.30. The number of rotatable bonds is 3. The van der Waals surface area contributed by atoms with Gasteiger partial charge in [-0.25, -0.2) is 0 Å². The molecule has 3 aromatic rings. The molecule has 0 bridgehead atoms. The van der Waals surface area contributed by atoms with Crippen LogP contribution in [0.1, 0.15) is 26.4 Å². The first kappa shape index (κ1) is 18.5. The zero-order valence-electron chi connectivity index (χ0n) is 14.9. The molecule has 8 heteroatoms. The summed E-state index contributed by atoms with van der Waals surface area (Å²) < 4.78 is 1.57. The van der Waals surface area contributed by atoms with Crippen molar-refractivity contribution in [3.05, 3.63) is 75.5 Å². The van der Waals surface area contributed by atoms with E-state index in [4.69, 9.17) is 23.2 Å². The number of nitrogens with zero attached hydrogens (tertiary/aromatic N) is 3. The van der Waals surface area contributed by atoms with Gasteiger partial charge in [0.25, 0.3) is 11.8 Å². The van der Waals surface area contributed by atoms with Crippen molar-refractivity contribution in [2.45, 2.75) is 6.42 Å². The van der Waals surface area contributed by atoms with Crippen molar-refractivity contribution >= 4 is 46.4 Å². The Bertz CT molecular complexity index is 1090. The Balaban J connectivity index is 1.56. The third-order valence-corrected chi connectivity index (χ3v) is 5.43. The fraction of sp³-hybridized carbons (Fsp3) is 0.150. The molecule has 0 aliphatic carbocycles. The third kappa shape index (κ3) is 3.37. The molecule has 0 saturated carbocycles. The second-order valence-corrected chi connectivity index (χ2v) is 7.27. The molecule has 1 aromatic heterocycles. The third-order valence-electron chi connectivity index (χ3n) is 4.61. The van der Waals surface area contributed by atoms with Crippen LogP contribution in [-0.4, -0.2) is 28.1 Å². The van der Waals surface area contributed by atoms with Crippen molar-refractivity contribution in [2.75, 3.05) is 16.8 Å². The van der Waals surface area contributed by atoms with Crippen LogP contribution in [0.2, 0.25) is 10.0 Å². The lowest BCUT2D eigenvalue weighted by atomic mass is 10.1. The van der Waals surface area contributed by atoms with Gasteiger partial charge in [0.05, 0.1) is 15.6 Å². The largest absolute Gasteiger partial charge is 0.321 e. The maximum atomic E-state index is 12.9. The number of benzene rings is 2. The highest BCUT2D eigenvalue weighted by Gasteiger charge is 2.27. The van der Waals surface area contributed by atoms with Crippen molar-refractivity contribution in [2.24, 2.45) is 7.05 Å². The van der Waals surface area contributed by atoms with Crippen molar-refractivity contribution in [3.8, 4) is 0 Å². The molecular weight excluding hydrogens is 399 g/mol. The maximum Gasteiger partial charge on any atom is 0.276 e. The number of hydrogen-bond donors (Lipinski definition) is 1. The number of anilines is 2. The number of aryl methyl sites for hydroxylation is 1. The molecule has 1 aliphatic heterocycles. The lowest BCUT2D eigenvalue weighted by molar-refractivity contribution is 0.0987. The van der Waals surface area contributed by atoms with E-state index in [1.807, 2.05) is 12.1 Å². The van der Waals surface area contributed by atoms with Crippen molar-refractivity contribution in [1.82, 2.24) is 9.78 Å². The topological polar surface area (TPSA) is 67.2 Å². The Morgan fingerprint density at radius 3 is 2.71 bits per heavy atom. The van der Waals surface area contributed by atoms with Crippen molar-refractivity contribution < 1.29 is 9.59 Å². The van der Waals surface area contributed by atoms with Gasteiger partial charge in [-0.05, 0) is 48.4 Å². The quantitative estimate of drug-likeness (QED) is 0.698. The average Bonchev–Trinajstić information content (AvgIpc) is 3.29. The first-order valence-corrected chi connectivity index (χ1v) is 9.39. The van der Waals surface area contributed by atoms with Crippen LogP contribution in [0.25, 0.3) is 0 Å². The summed E-state index contributed by atoms with van der Waals surface area (Å²) in [4.78, 5) is 26.9. The minimum Gasteiger partial charge on any atom is -0.321 e. The Labute approximate surface area is 171 Å². The van der Waals surface area contributed by atoms with E-state index >= 15 is 0 Å². The summed E-state index contributed by atoms with van der Waals surface area (Å²) in [6, 6.07) is 12.1. The monoisotopic (exact) mass is 414 g/mol. The highest BCUT2D eigenvalue weighted by atomic mass is 35.5. The van der Waals surface area contributed by atoms with Gasteiger partial charge in [-0.15, -0.1) is 0 Å². The zero-order chi connectivity index (χ0) is 19.8. The van der Waals surface area contributed by atoms with E-state index in [0.29, 0.717) is 34.9 Å². The van der Waals surface area contributed by atoms with Gasteiger partial charge in [-0.2, -0.15) is 5.10 Å².